The Morgan fingerprint density at radius 2 is 1.80 bits per heavy atom. The number of hydrogen-bond acceptors (Lipinski definition) is 7. The highest BCUT2D eigenvalue weighted by molar-refractivity contribution is 6.08. The van der Waals surface area contributed by atoms with E-state index in [9.17, 15) is 4.79 Å². The third-order valence-electron chi connectivity index (χ3n) is 6.46. The first kappa shape index (κ1) is 23.1. The number of carbonyl (C=O) groups excluding carboxylic acids is 1. The zero-order chi connectivity index (χ0) is 24.2. The van der Waals surface area contributed by atoms with E-state index >= 15 is 0 Å². The minimum atomic E-state index is -0.158. The van der Waals surface area contributed by atoms with Crippen LogP contribution in [0.15, 0.2) is 60.9 Å². The molecule has 1 saturated heterocycles. The average molecular weight is 471 g/mol. The lowest BCUT2D eigenvalue weighted by Crippen LogP contribution is -2.37. The maximum absolute atomic E-state index is 12.9. The number of likely N-dealkylation sites (tertiary alicyclic amines) is 1. The fourth-order valence-electron chi connectivity index (χ4n) is 4.45. The number of benzene rings is 2. The van der Waals surface area contributed by atoms with Crippen LogP contribution in [0.5, 0.6) is 11.6 Å². The topological polar surface area (TPSA) is 87.2 Å². The summed E-state index contributed by atoms with van der Waals surface area (Å²) >= 11 is 0. The van der Waals surface area contributed by atoms with Crippen LogP contribution in [0.4, 0.5) is 0 Å². The Hall–Kier alpha value is -3.62. The standard InChI is InChI=1S/C27H30N6O2/c1-32(2)17-18-33-15-11-19(12-16-33)24-27(29-14-13-28-24)35-21-9-7-20(8-10-21)25(34)26-30-22-5-3-4-6-23(22)31-26/h3-10,13-14,19H,11-12,15-18H2,1-2H3,(H,30,31). The molecule has 0 spiro atoms. The number of aromatic amines is 1. The zero-order valence-corrected chi connectivity index (χ0v) is 20.1. The van der Waals surface area contributed by atoms with Crippen molar-refractivity contribution in [1.29, 1.82) is 0 Å². The number of hydrogen-bond donors (Lipinski definition) is 1. The predicted molar refractivity (Wildman–Crippen MR) is 135 cm³/mol. The van der Waals surface area contributed by atoms with Gasteiger partial charge in [0.25, 0.3) is 0 Å². The molecule has 35 heavy (non-hydrogen) atoms. The molecule has 0 bridgehead atoms. The molecule has 8 heteroatoms. The second-order valence-electron chi connectivity index (χ2n) is 9.22. The summed E-state index contributed by atoms with van der Waals surface area (Å²) in [5, 5.41) is 0. The van der Waals surface area contributed by atoms with E-state index in [0.717, 1.165) is 55.7 Å². The van der Waals surface area contributed by atoms with Crippen LogP contribution in [0.1, 0.15) is 40.6 Å². The third kappa shape index (κ3) is 5.39. The van der Waals surface area contributed by atoms with Crippen molar-refractivity contribution in [2.24, 2.45) is 0 Å². The molecule has 8 nitrogen and oxygen atoms in total. The average Bonchev–Trinajstić information content (AvgIpc) is 3.33. The number of piperidine rings is 1. The van der Waals surface area contributed by atoms with Gasteiger partial charge in [0.2, 0.25) is 11.7 Å². The van der Waals surface area contributed by atoms with Crippen LogP contribution in [0.2, 0.25) is 0 Å². The van der Waals surface area contributed by atoms with Gasteiger partial charge in [-0.25, -0.2) is 9.97 Å². The van der Waals surface area contributed by atoms with Gasteiger partial charge in [-0.2, -0.15) is 0 Å². The van der Waals surface area contributed by atoms with Crippen molar-refractivity contribution >= 4 is 16.8 Å². The number of nitrogens with zero attached hydrogens (tertiary/aromatic N) is 5. The Morgan fingerprint density at radius 1 is 1.06 bits per heavy atom. The normalized spacial score (nSPS) is 15.1. The second-order valence-corrected chi connectivity index (χ2v) is 9.22. The van der Waals surface area contributed by atoms with Crippen LogP contribution < -0.4 is 4.74 Å². The fourth-order valence-corrected chi connectivity index (χ4v) is 4.45. The summed E-state index contributed by atoms with van der Waals surface area (Å²) in [7, 11) is 4.22. The van der Waals surface area contributed by atoms with Gasteiger partial charge in [-0.3, -0.25) is 9.78 Å². The number of ether oxygens (including phenoxy) is 1. The number of likely N-dealkylation sites (N-methyl/N-ethyl adjacent to an activating group) is 1. The van der Waals surface area contributed by atoms with Gasteiger partial charge in [0.1, 0.15) is 11.4 Å². The van der Waals surface area contributed by atoms with Crippen molar-refractivity contribution in [2.75, 3.05) is 40.3 Å². The summed E-state index contributed by atoms with van der Waals surface area (Å²) in [4.78, 5) is 34.2. The van der Waals surface area contributed by atoms with E-state index in [1.54, 1.807) is 36.7 Å². The Bertz CT molecular complexity index is 1260. The largest absolute Gasteiger partial charge is 0.437 e. The van der Waals surface area contributed by atoms with E-state index in [-0.39, 0.29) is 5.78 Å². The molecule has 0 saturated carbocycles. The highest BCUT2D eigenvalue weighted by Crippen LogP contribution is 2.33. The van der Waals surface area contributed by atoms with E-state index in [0.29, 0.717) is 28.9 Å². The number of carbonyl (C=O) groups is 1. The molecule has 0 aliphatic carbocycles. The molecule has 0 radical (unpaired) electrons. The molecular weight excluding hydrogens is 440 g/mol. The van der Waals surface area contributed by atoms with Crippen LogP contribution in [0, 0.1) is 0 Å². The number of para-hydroxylation sites is 2. The van der Waals surface area contributed by atoms with Gasteiger partial charge in [-0.05, 0) is 76.4 Å². The van der Waals surface area contributed by atoms with Gasteiger partial charge in [0.15, 0.2) is 5.82 Å². The van der Waals surface area contributed by atoms with Gasteiger partial charge in [-0.15, -0.1) is 0 Å². The third-order valence-corrected chi connectivity index (χ3v) is 6.46. The molecule has 5 rings (SSSR count). The molecule has 1 aliphatic heterocycles. The van der Waals surface area contributed by atoms with Crippen molar-refractivity contribution in [1.82, 2.24) is 29.7 Å². The van der Waals surface area contributed by atoms with Gasteiger partial charge in [0, 0.05) is 37.0 Å². The van der Waals surface area contributed by atoms with Crippen molar-refractivity contribution in [2.45, 2.75) is 18.8 Å². The number of fused-ring (bicyclic) bond motifs is 1. The predicted octanol–water partition coefficient (Wildman–Crippen LogP) is 4.12. The first-order chi connectivity index (χ1) is 17.1. The first-order valence-corrected chi connectivity index (χ1v) is 12.0. The number of ketones is 1. The van der Waals surface area contributed by atoms with E-state index in [2.05, 4.69) is 43.8 Å². The van der Waals surface area contributed by atoms with Crippen LogP contribution in [0.3, 0.4) is 0 Å². The quantitative estimate of drug-likeness (QED) is 0.388. The molecule has 2 aromatic heterocycles. The van der Waals surface area contributed by atoms with Gasteiger partial charge >= 0.3 is 0 Å². The summed E-state index contributed by atoms with van der Waals surface area (Å²) in [5.41, 5.74) is 3.06. The summed E-state index contributed by atoms with van der Waals surface area (Å²) in [6, 6.07) is 14.7. The molecular formula is C27H30N6O2. The van der Waals surface area contributed by atoms with E-state index < -0.39 is 0 Å². The smallest absolute Gasteiger partial charge is 0.241 e. The molecule has 3 heterocycles. The lowest BCUT2D eigenvalue weighted by molar-refractivity contribution is 0.103. The lowest BCUT2D eigenvalue weighted by atomic mass is 9.93. The monoisotopic (exact) mass is 470 g/mol. The second kappa shape index (κ2) is 10.3. The summed E-state index contributed by atoms with van der Waals surface area (Å²) in [6.07, 6.45) is 5.46. The van der Waals surface area contributed by atoms with Gasteiger partial charge in [0.05, 0.1) is 11.0 Å². The molecule has 1 aliphatic rings. The molecule has 1 fully saturated rings. The molecule has 1 N–H and O–H groups in total. The maximum atomic E-state index is 12.9. The Kier molecular flexibility index (Phi) is 6.83. The van der Waals surface area contributed by atoms with Gasteiger partial charge in [-0.1, -0.05) is 12.1 Å². The van der Waals surface area contributed by atoms with Crippen LogP contribution in [-0.4, -0.2) is 75.8 Å². The van der Waals surface area contributed by atoms with Crippen LogP contribution >= 0.6 is 0 Å². The minimum absolute atomic E-state index is 0.158. The molecule has 0 unspecified atom stereocenters. The maximum Gasteiger partial charge on any atom is 0.241 e. The highest BCUT2D eigenvalue weighted by atomic mass is 16.5. The zero-order valence-electron chi connectivity index (χ0n) is 20.1. The van der Waals surface area contributed by atoms with E-state index in [4.69, 9.17) is 4.74 Å². The molecule has 4 aromatic rings. The highest BCUT2D eigenvalue weighted by Gasteiger charge is 2.25. The van der Waals surface area contributed by atoms with Crippen molar-refractivity contribution in [3.05, 3.63) is 78.0 Å². The molecule has 180 valence electrons. The summed E-state index contributed by atoms with van der Waals surface area (Å²) < 4.78 is 6.13. The van der Waals surface area contributed by atoms with Crippen LogP contribution in [0.25, 0.3) is 11.0 Å². The summed E-state index contributed by atoms with van der Waals surface area (Å²) in [5.74, 6) is 1.65. The van der Waals surface area contributed by atoms with Crippen molar-refractivity contribution in [3.63, 3.8) is 0 Å². The number of aromatic nitrogens is 4. The molecule has 2 aromatic carbocycles. The van der Waals surface area contributed by atoms with E-state index in [1.165, 1.54) is 0 Å². The molecule has 0 atom stereocenters. The van der Waals surface area contributed by atoms with E-state index in [1.807, 2.05) is 24.3 Å². The van der Waals surface area contributed by atoms with Crippen molar-refractivity contribution < 1.29 is 9.53 Å². The fraction of sp³-hybridized carbons (Fsp3) is 0.333. The Morgan fingerprint density at radius 3 is 2.54 bits per heavy atom. The number of imidazole rings is 1. The number of nitrogens with one attached hydrogen (secondary N) is 1. The van der Waals surface area contributed by atoms with Crippen LogP contribution in [-0.2, 0) is 0 Å². The minimum Gasteiger partial charge on any atom is -0.437 e. The summed E-state index contributed by atoms with van der Waals surface area (Å²) in [6.45, 7) is 4.25. The van der Waals surface area contributed by atoms with Crippen molar-refractivity contribution in [3.8, 4) is 11.6 Å². The Labute approximate surface area is 205 Å². The van der Waals surface area contributed by atoms with Gasteiger partial charge < -0.3 is 19.5 Å². The number of rotatable bonds is 8. The SMILES string of the molecule is CN(C)CCN1CCC(c2nccnc2Oc2ccc(C(=O)c3nc4ccccc4[nH]3)cc2)CC1. The number of H-pyrrole nitrogens is 1. The molecule has 0 amide bonds. The lowest BCUT2D eigenvalue weighted by Gasteiger charge is -2.32. The Balaban J connectivity index is 1.25. The first-order valence-electron chi connectivity index (χ1n) is 12.0.